The van der Waals surface area contributed by atoms with E-state index >= 15 is 0 Å². The molecule has 3 aromatic rings. The predicted octanol–water partition coefficient (Wildman–Crippen LogP) is 3.85. The summed E-state index contributed by atoms with van der Waals surface area (Å²) in [6, 6.07) is 15.9. The largest absolute Gasteiger partial charge is 0.497 e. The Morgan fingerprint density at radius 2 is 1.84 bits per heavy atom. The number of rotatable bonds is 7. The van der Waals surface area contributed by atoms with Gasteiger partial charge in [0.05, 0.1) is 26.5 Å². The number of hydrogen-bond donors (Lipinski definition) is 1. The molecule has 2 aromatic carbocycles. The molecule has 7 nitrogen and oxygen atoms in total. The number of aromatic nitrogens is 1. The maximum absolute atomic E-state index is 12.6. The SMILES string of the molecule is COc1ccc(OC)c(CN2CCN(C(=O)NCc3nc(-c4ccccc4)cs3)CC2)c1. The van der Waals surface area contributed by atoms with Crippen molar-refractivity contribution in [3.05, 3.63) is 64.5 Å². The van der Waals surface area contributed by atoms with Crippen LogP contribution in [-0.4, -0.2) is 61.2 Å². The first-order chi connectivity index (χ1) is 15.7. The fraction of sp³-hybridized carbons (Fsp3) is 0.333. The maximum Gasteiger partial charge on any atom is 0.317 e. The lowest BCUT2D eigenvalue weighted by atomic mass is 10.1. The summed E-state index contributed by atoms with van der Waals surface area (Å²) in [5, 5.41) is 5.95. The van der Waals surface area contributed by atoms with E-state index in [1.807, 2.05) is 58.8 Å². The molecule has 1 N–H and O–H groups in total. The first kappa shape index (κ1) is 22.1. The standard InChI is InChI=1S/C24H28N4O3S/c1-30-20-8-9-22(31-2)19(14-20)16-27-10-12-28(13-11-27)24(29)25-15-23-26-21(17-32-23)18-6-4-3-5-7-18/h3-9,14,17H,10-13,15-16H2,1-2H3,(H,25,29). The zero-order valence-electron chi connectivity index (χ0n) is 18.4. The monoisotopic (exact) mass is 452 g/mol. The van der Waals surface area contributed by atoms with Gasteiger partial charge in [0, 0.05) is 49.2 Å². The van der Waals surface area contributed by atoms with Gasteiger partial charge in [-0.05, 0) is 18.2 Å². The molecule has 2 amide bonds. The Morgan fingerprint density at radius 3 is 2.56 bits per heavy atom. The second kappa shape index (κ2) is 10.5. The molecule has 1 saturated heterocycles. The highest BCUT2D eigenvalue weighted by molar-refractivity contribution is 7.09. The number of nitrogens with zero attached hydrogens (tertiary/aromatic N) is 3. The number of hydrogen-bond acceptors (Lipinski definition) is 6. The molecular weight excluding hydrogens is 424 g/mol. The minimum atomic E-state index is -0.0416. The van der Waals surface area contributed by atoms with Crippen molar-refractivity contribution in [2.75, 3.05) is 40.4 Å². The highest BCUT2D eigenvalue weighted by Crippen LogP contribution is 2.26. The van der Waals surface area contributed by atoms with E-state index in [1.165, 1.54) is 0 Å². The number of piperazine rings is 1. The minimum absolute atomic E-state index is 0.0416. The van der Waals surface area contributed by atoms with Gasteiger partial charge < -0.3 is 19.7 Å². The van der Waals surface area contributed by atoms with E-state index in [9.17, 15) is 4.79 Å². The minimum Gasteiger partial charge on any atom is -0.497 e. The van der Waals surface area contributed by atoms with Crippen LogP contribution in [0.25, 0.3) is 11.3 Å². The van der Waals surface area contributed by atoms with E-state index in [2.05, 4.69) is 15.2 Å². The van der Waals surface area contributed by atoms with Gasteiger partial charge in [0.1, 0.15) is 16.5 Å². The Hall–Kier alpha value is -3.10. The van der Waals surface area contributed by atoms with Crippen LogP contribution in [0.1, 0.15) is 10.6 Å². The summed E-state index contributed by atoms with van der Waals surface area (Å²) in [4.78, 5) is 21.5. The van der Waals surface area contributed by atoms with E-state index in [0.29, 0.717) is 19.6 Å². The van der Waals surface area contributed by atoms with Crippen molar-refractivity contribution < 1.29 is 14.3 Å². The zero-order valence-corrected chi connectivity index (χ0v) is 19.2. The Kier molecular flexibility index (Phi) is 7.24. The lowest BCUT2D eigenvalue weighted by molar-refractivity contribution is 0.134. The van der Waals surface area contributed by atoms with Gasteiger partial charge in [-0.15, -0.1) is 11.3 Å². The molecule has 168 valence electrons. The van der Waals surface area contributed by atoms with Gasteiger partial charge in [-0.1, -0.05) is 30.3 Å². The van der Waals surface area contributed by atoms with Crippen LogP contribution in [-0.2, 0) is 13.1 Å². The smallest absolute Gasteiger partial charge is 0.317 e. The maximum atomic E-state index is 12.6. The molecule has 1 aliphatic heterocycles. The first-order valence-electron chi connectivity index (χ1n) is 10.6. The summed E-state index contributed by atoms with van der Waals surface area (Å²) in [7, 11) is 3.34. The van der Waals surface area contributed by atoms with Crippen LogP contribution in [0.5, 0.6) is 11.5 Å². The predicted molar refractivity (Wildman–Crippen MR) is 126 cm³/mol. The van der Waals surface area contributed by atoms with E-state index < -0.39 is 0 Å². The second-order valence-corrected chi connectivity index (χ2v) is 8.53. The van der Waals surface area contributed by atoms with Gasteiger partial charge in [0.25, 0.3) is 0 Å². The van der Waals surface area contributed by atoms with Gasteiger partial charge in [0.2, 0.25) is 0 Å². The van der Waals surface area contributed by atoms with Crippen LogP contribution in [0.15, 0.2) is 53.9 Å². The second-order valence-electron chi connectivity index (χ2n) is 7.59. The fourth-order valence-corrected chi connectivity index (χ4v) is 4.50. The molecule has 0 bridgehead atoms. The number of ether oxygens (including phenoxy) is 2. The normalized spacial score (nSPS) is 14.2. The first-order valence-corrected chi connectivity index (χ1v) is 11.5. The average molecular weight is 453 g/mol. The van der Waals surface area contributed by atoms with Gasteiger partial charge in [0.15, 0.2) is 0 Å². The highest BCUT2D eigenvalue weighted by Gasteiger charge is 2.22. The summed E-state index contributed by atoms with van der Waals surface area (Å²) in [5.41, 5.74) is 3.12. The lowest BCUT2D eigenvalue weighted by Crippen LogP contribution is -2.51. The van der Waals surface area contributed by atoms with Crippen LogP contribution < -0.4 is 14.8 Å². The van der Waals surface area contributed by atoms with Crippen molar-refractivity contribution in [2.45, 2.75) is 13.1 Å². The van der Waals surface area contributed by atoms with E-state index in [0.717, 1.165) is 53.0 Å². The molecular formula is C24H28N4O3S. The van der Waals surface area contributed by atoms with Crippen molar-refractivity contribution in [3.63, 3.8) is 0 Å². The van der Waals surface area contributed by atoms with Crippen molar-refractivity contribution in [1.29, 1.82) is 0 Å². The molecule has 1 aromatic heterocycles. The molecule has 8 heteroatoms. The van der Waals surface area contributed by atoms with E-state index in [4.69, 9.17) is 9.47 Å². The summed E-state index contributed by atoms with van der Waals surface area (Å²) in [6.07, 6.45) is 0. The molecule has 0 unspecified atom stereocenters. The van der Waals surface area contributed by atoms with Crippen LogP contribution in [0.3, 0.4) is 0 Å². The number of methoxy groups -OCH3 is 2. The van der Waals surface area contributed by atoms with Crippen LogP contribution in [0.4, 0.5) is 4.79 Å². The number of carbonyl (C=O) groups excluding carboxylic acids is 1. The molecule has 2 heterocycles. The molecule has 0 radical (unpaired) electrons. The molecule has 0 saturated carbocycles. The fourth-order valence-electron chi connectivity index (χ4n) is 3.75. The van der Waals surface area contributed by atoms with E-state index in [1.54, 1.807) is 25.6 Å². The Bertz CT molecular complexity index is 1030. The number of nitrogens with one attached hydrogen (secondary N) is 1. The van der Waals surface area contributed by atoms with Crippen LogP contribution in [0.2, 0.25) is 0 Å². The average Bonchev–Trinajstić information content (AvgIpc) is 3.32. The molecule has 32 heavy (non-hydrogen) atoms. The van der Waals surface area contributed by atoms with Gasteiger partial charge in [-0.2, -0.15) is 0 Å². The Balaban J connectivity index is 1.26. The molecule has 4 rings (SSSR count). The molecule has 0 atom stereocenters. The quantitative estimate of drug-likeness (QED) is 0.590. The number of amides is 2. The van der Waals surface area contributed by atoms with Crippen molar-refractivity contribution in [3.8, 4) is 22.8 Å². The molecule has 0 aliphatic carbocycles. The van der Waals surface area contributed by atoms with Crippen LogP contribution >= 0.6 is 11.3 Å². The van der Waals surface area contributed by atoms with Crippen molar-refractivity contribution >= 4 is 17.4 Å². The molecule has 1 fully saturated rings. The molecule has 0 spiro atoms. The zero-order chi connectivity index (χ0) is 22.3. The highest BCUT2D eigenvalue weighted by atomic mass is 32.1. The van der Waals surface area contributed by atoms with Crippen LogP contribution in [0, 0.1) is 0 Å². The Morgan fingerprint density at radius 1 is 1.06 bits per heavy atom. The van der Waals surface area contributed by atoms with Gasteiger partial charge in [-0.25, -0.2) is 9.78 Å². The number of thiazole rings is 1. The number of benzene rings is 2. The van der Waals surface area contributed by atoms with Crippen molar-refractivity contribution in [1.82, 2.24) is 20.1 Å². The van der Waals surface area contributed by atoms with Gasteiger partial charge in [-0.3, -0.25) is 4.90 Å². The van der Waals surface area contributed by atoms with E-state index in [-0.39, 0.29) is 6.03 Å². The number of urea groups is 1. The third-order valence-electron chi connectivity index (χ3n) is 5.55. The summed E-state index contributed by atoms with van der Waals surface area (Å²) in [6.45, 7) is 4.19. The number of carbonyl (C=O) groups is 1. The van der Waals surface area contributed by atoms with Crippen molar-refractivity contribution in [2.24, 2.45) is 0 Å². The third-order valence-corrected chi connectivity index (χ3v) is 6.40. The molecule has 1 aliphatic rings. The lowest BCUT2D eigenvalue weighted by Gasteiger charge is -2.34. The summed E-state index contributed by atoms with van der Waals surface area (Å²) >= 11 is 1.57. The summed E-state index contributed by atoms with van der Waals surface area (Å²) < 4.78 is 10.8. The summed E-state index contributed by atoms with van der Waals surface area (Å²) in [5.74, 6) is 1.67. The Labute approximate surface area is 192 Å². The van der Waals surface area contributed by atoms with Gasteiger partial charge >= 0.3 is 6.03 Å². The third kappa shape index (κ3) is 5.38. The topological polar surface area (TPSA) is 66.9 Å².